The first-order valence-corrected chi connectivity index (χ1v) is 7.38. The van der Waals surface area contributed by atoms with Crippen molar-refractivity contribution in [2.24, 2.45) is 12.9 Å². The Kier molecular flexibility index (Phi) is 4.65. The molecule has 1 aromatic carbocycles. The molecule has 0 fully saturated rings. The number of hydrazine groups is 1. The molecule has 2 aromatic rings. The second-order valence-corrected chi connectivity index (χ2v) is 6.25. The molecule has 0 aliphatic heterocycles. The molecule has 18 heavy (non-hydrogen) atoms. The van der Waals surface area contributed by atoms with E-state index in [4.69, 9.17) is 17.4 Å². The standard InChI is InChI=1S/C11H11BrClIN4/c1-18-11(8(13)5-16-18)10(17-15)7-4-6(12)2-3-9(7)14/h2-5,10,17H,15H2,1H3. The summed E-state index contributed by atoms with van der Waals surface area (Å²) in [4.78, 5) is 0. The summed E-state index contributed by atoms with van der Waals surface area (Å²) < 4.78 is 3.83. The summed E-state index contributed by atoms with van der Waals surface area (Å²) in [6.45, 7) is 0. The van der Waals surface area contributed by atoms with E-state index in [9.17, 15) is 0 Å². The summed E-state index contributed by atoms with van der Waals surface area (Å²) >= 11 is 11.9. The zero-order valence-corrected chi connectivity index (χ0v) is 14.0. The van der Waals surface area contributed by atoms with Crippen LogP contribution in [0.4, 0.5) is 0 Å². The Morgan fingerprint density at radius 2 is 2.28 bits per heavy atom. The van der Waals surface area contributed by atoms with Gasteiger partial charge in [-0.05, 0) is 46.4 Å². The summed E-state index contributed by atoms with van der Waals surface area (Å²) in [7, 11) is 1.84. The monoisotopic (exact) mass is 440 g/mol. The summed E-state index contributed by atoms with van der Waals surface area (Å²) in [6, 6.07) is 5.84. The molecule has 96 valence electrons. The van der Waals surface area contributed by atoms with E-state index in [2.05, 4.69) is 49.0 Å². The number of halogens is 3. The molecule has 0 saturated carbocycles. The molecule has 3 N–H and O–H groups in total. The maximum absolute atomic E-state index is 6.17. The Hall–Kier alpha value is -0.150. The number of nitrogens with two attached hydrogens (primary N) is 1. The normalized spacial score (nSPS) is 12.7. The Bertz CT molecular complexity index is 553. The summed E-state index contributed by atoms with van der Waals surface area (Å²) in [5.74, 6) is 5.68. The van der Waals surface area contributed by atoms with Crippen molar-refractivity contribution in [3.63, 3.8) is 0 Å². The second-order valence-electron chi connectivity index (χ2n) is 3.77. The van der Waals surface area contributed by atoms with Gasteiger partial charge in [0.2, 0.25) is 0 Å². The minimum atomic E-state index is -0.200. The van der Waals surface area contributed by atoms with E-state index in [-0.39, 0.29) is 6.04 Å². The third kappa shape index (κ3) is 2.72. The van der Waals surface area contributed by atoms with Crippen molar-refractivity contribution in [3.05, 3.63) is 48.7 Å². The molecule has 1 heterocycles. The van der Waals surface area contributed by atoms with Gasteiger partial charge in [-0.15, -0.1) is 0 Å². The molecule has 0 aliphatic carbocycles. The van der Waals surface area contributed by atoms with Crippen molar-refractivity contribution in [2.45, 2.75) is 6.04 Å². The van der Waals surface area contributed by atoms with Gasteiger partial charge in [0.25, 0.3) is 0 Å². The lowest BCUT2D eigenvalue weighted by Crippen LogP contribution is -2.31. The fourth-order valence-electron chi connectivity index (χ4n) is 1.80. The zero-order chi connectivity index (χ0) is 13.3. The van der Waals surface area contributed by atoms with Gasteiger partial charge in [-0.3, -0.25) is 10.5 Å². The van der Waals surface area contributed by atoms with Gasteiger partial charge in [0.1, 0.15) is 0 Å². The number of benzene rings is 1. The first-order chi connectivity index (χ1) is 8.54. The number of aromatic nitrogens is 2. The quantitative estimate of drug-likeness (QED) is 0.438. The third-order valence-corrected chi connectivity index (χ3v) is 4.41. The SMILES string of the molecule is Cn1ncc(Cl)c1C(NN)c1cc(Br)ccc1I. The molecular weight excluding hydrogens is 430 g/mol. The lowest BCUT2D eigenvalue weighted by Gasteiger charge is -2.19. The van der Waals surface area contributed by atoms with E-state index in [0.29, 0.717) is 5.02 Å². The van der Waals surface area contributed by atoms with Crippen molar-refractivity contribution >= 4 is 50.1 Å². The highest BCUT2D eigenvalue weighted by Gasteiger charge is 2.22. The van der Waals surface area contributed by atoms with Crippen molar-refractivity contribution in [1.29, 1.82) is 0 Å². The fraction of sp³-hybridized carbons (Fsp3) is 0.182. The summed E-state index contributed by atoms with van der Waals surface area (Å²) in [5, 5.41) is 4.73. The highest BCUT2D eigenvalue weighted by atomic mass is 127. The van der Waals surface area contributed by atoms with E-state index in [1.807, 2.05) is 25.2 Å². The molecule has 1 aromatic heterocycles. The highest BCUT2D eigenvalue weighted by molar-refractivity contribution is 14.1. The van der Waals surface area contributed by atoms with Crippen molar-refractivity contribution in [2.75, 3.05) is 0 Å². The van der Waals surface area contributed by atoms with Crippen molar-refractivity contribution < 1.29 is 0 Å². The maximum Gasteiger partial charge on any atom is 0.0903 e. The number of hydrogen-bond acceptors (Lipinski definition) is 3. The first-order valence-electron chi connectivity index (χ1n) is 5.13. The predicted molar refractivity (Wildman–Crippen MR) is 84.2 cm³/mol. The van der Waals surface area contributed by atoms with Crippen LogP contribution in [-0.4, -0.2) is 9.78 Å². The van der Waals surface area contributed by atoms with Crippen LogP contribution in [-0.2, 0) is 7.05 Å². The van der Waals surface area contributed by atoms with E-state index in [1.54, 1.807) is 10.9 Å². The molecule has 2 rings (SSSR count). The van der Waals surface area contributed by atoms with Crippen LogP contribution in [0.25, 0.3) is 0 Å². The minimum absolute atomic E-state index is 0.200. The van der Waals surface area contributed by atoms with Crippen LogP contribution in [0.15, 0.2) is 28.9 Å². The molecule has 0 bridgehead atoms. The Labute approximate surface area is 132 Å². The first kappa shape index (κ1) is 14.3. The van der Waals surface area contributed by atoms with Crippen molar-refractivity contribution in [1.82, 2.24) is 15.2 Å². The van der Waals surface area contributed by atoms with Crippen LogP contribution >= 0.6 is 50.1 Å². The molecule has 0 amide bonds. The second kappa shape index (κ2) is 5.87. The molecule has 4 nitrogen and oxygen atoms in total. The highest BCUT2D eigenvalue weighted by Crippen LogP contribution is 2.31. The molecule has 7 heteroatoms. The molecule has 1 unspecified atom stereocenters. The maximum atomic E-state index is 6.17. The van der Waals surface area contributed by atoms with Gasteiger partial charge >= 0.3 is 0 Å². The topological polar surface area (TPSA) is 55.9 Å². The number of nitrogens with zero attached hydrogens (tertiary/aromatic N) is 2. The summed E-state index contributed by atoms with van der Waals surface area (Å²) in [6.07, 6.45) is 1.62. The summed E-state index contributed by atoms with van der Waals surface area (Å²) in [5.41, 5.74) is 4.70. The molecule has 0 aliphatic rings. The van der Waals surface area contributed by atoms with Gasteiger partial charge in [-0.2, -0.15) is 5.10 Å². The van der Waals surface area contributed by atoms with E-state index >= 15 is 0 Å². The van der Waals surface area contributed by atoms with Crippen LogP contribution in [0, 0.1) is 3.57 Å². The van der Waals surface area contributed by atoms with Crippen LogP contribution in [0.2, 0.25) is 5.02 Å². The van der Waals surface area contributed by atoms with E-state index < -0.39 is 0 Å². The smallest absolute Gasteiger partial charge is 0.0903 e. The molecule has 1 atom stereocenters. The Balaban J connectivity index is 2.55. The molecule has 0 spiro atoms. The molecule has 0 radical (unpaired) electrons. The molecular formula is C11H11BrClIN4. The largest absolute Gasteiger partial charge is 0.271 e. The molecule has 0 saturated heterocycles. The van der Waals surface area contributed by atoms with Gasteiger partial charge in [-0.25, -0.2) is 5.43 Å². The number of nitrogens with one attached hydrogen (secondary N) is 1. The average Bonchev–Trinajstić information content (AvgIpc) is 2.66. The lowest BCUT2D eigenvalue weighted by atomic mass is 10.0. The Morgan fingerprint density at radius 1 is 1.56 bits per heavy atom. The zero-order valence-electron chi connectivity index (χ0n) is 9.49. The van der Waals surface area contributed by atoms with Crippen LogP contribution in [0.5, 0.6) is 0 Å². The van der Waals surface area contributed by atoms with Gasteiger partial charge in [-0.1, -0.05) is 27.5 Å². The predicted octanol–water partition coefficient (Wildman–Crippen LogP) is 2.99. The number of aryl methyl sites for hydroxylation is 1. The van der Waals surface area contributed by atoms with Crippen LogP contribution in [0.1, 0.15) is 17.3 Å². The van der Waals surface area contributed by atoms with E-state index in [0.717, 1.165) is 19.3 Å². The minimum Gasteiger partial charge on any atom is -0.271 e. The Morgan fingerprint density at radius 3 is 2.83 bits per heavy atom. The van der Waals surface area contributed by atoms with Crippen LogP contribution in [0.3, 0.4) is 0 Å². The fourth-order valence-corrected chi connectivity index (χ4v) is 3.10. The average molecular weight is 441 g/mol. The van der Waals surface area contributed by atoms with Crippen molar-refractivity contribution in [3.8, 4) is 0 Å². The third-order valence-electron chi connectivity index (χ3n) is 2.65. The number of rotatable bonds is 3. The van der Waals surface area contributed by atoms with E-state index in [1.165, 1.54) is 0 Å². The van der Waals surface area contributed by atoms with Gasteiger partial charge in [0, 0.05) is 15.1 Å². The van der Waals surface area contributed by atoms with Gasteiger partial charge < -0.3 is 0 Å². The van der Waals surface area contributed by atoms with Crippen LogP contribution < -0.4 is 11.3 Å². The number of hydrogen-bond donors (Lipinski definition) is 2. The lowest BCUT2D eigenvalue weighted by molar-refractivity contribution is 0.573. The van der Waals surface area contributed by atoms with Gasteiger partial charge in [0.15, 0.2) is 0 Å². The van der Waals surface area contributed by atoms with Gasteiger partial charge in [0.05, 0.1) is 23.0 Å².